The fraction of sp³-hybridized carbons (Fsp3) is 0.350. The molecule has 1 saturated heterocycles. The number of hydrogen-bond acceptors (Lipinski definition) is 3. The number of nitrogens with zero attached hydrogens (tertiary/aromatic N) is 1. The molecule has 1 heterocycles. The molecule has 4 heteroatoms. The lowest BCUT2D eigenvalue weighted by Gasteiger charge is -2.32. The molecule has 1 N–H and O–H groups in total. The summed E-state index contributed by atoms with van der Waals surface area (Å²) >= 11 is 1.60. The van der Waals surface area contributed by atoms with Gasteiger partial charge in [-0.1, -0.05) is 48.5 Å². The second kappa shape index (κ2) is 8.90. The highest BCUT2D eigenvalue weighted by atomic mass is 32.2. The predicted octanol–water partition coefficient (Wildman–Crippen LogP) is 3.56. The van der Waals surface area contributed by atoms with Crippen molar-refractivity contribution in [3.8, 4) is 0 Å². The molecule has 1 aliphatic heterocycles. The van der Waals surface area contributed by atoms with Crippen LogP contribution in [-0.2, 0) is 11.3 Å². The molecular formula is C20H24N2OS. The Morgan fingerprint density at radius 3 is 2.29 bits per heavy atom. The van der Waals surface area contributed by atoms with Crippen molar-refractivity contribution in [3.63, 3.8) is 0 Å². The first-order valence-electron chi connectivity index (χ1n) is 8.53. The lowest BCUT2D eigenvalue weighted by molar-refractivity contribution is -0.119. The molecule has 1 aliphatic rings. The van der Waals surface area contributed by atoms with Gasteiger partial charge in [-0.25, -0.2) is 0 Å². The first-order valence-corrected chi connectivity index (χ1v) is 9.51. The van der Waals surface area contributed by atoms with Crippen molar-refractivity contribution < 1.29 is 4.79 Å². The van der Waals surface area contributed by atoms with E-state index < -0.39 is 0 Å². The van der Waals surface area contributed by atoms with Crippen molar-refractivity contribution in [2.24, 2.45) is 0 Å². The molecule has 1 fully saturated rings. The van der Waals surface area contributed by atoms with E-state index in [9.17, 15) is 4.79 Å². The average Bonchev–Trinajstić information content (AvgIpc) is 2.63. The summed E-state index contributed by atoms with van der Waals surface area (Å²) in [5, 5.41) is 3.19. The minimum atomic E-state index is 0.144. The smallest absolute Gasteiger partial charge is 0.230 e. The Morgan fingerprint density at radius 1 is 1.00 bits per heavy atom. The van der Waals surface area contributed by atoms with Gasteiger partial charge in [0.1, 0.15) is 0 Å². The van der Waals surface area contributed by atoms with E-state index in [1.54, 1.807) is 11.8 Å². The van der Waals surface area contributed by atoms with Gasteiger partial charge in [-0.3, -0.25) is 9.69 Å². The second-order valence-corrected chi connectivity index (χ2v) is 7.25. The Balaban J connectivity index is 1.36. The molecule has 0 spiro atoms. The van der Waals surface area contributed by atoms with Gasteiger partial charge in [-0.15, -0.1) is 11.8 Å². The molecule has 0 bridgehead atoms. The molecule has 0 aliphatic carbocycles. The number of carbonyl (C=O) groups is 1. The van der Waals surface area contributed by atoms with Gasteiger partial charge >= 0.3 is 0 Å². The average molecular weight is 340 g/mol. The molecule has 1 amide bonds. The van der Waals surface area contributed by atoms with Crippen molar-refractivity contribution in [2.45, 2.75) is 30.3 Å². The third kappa shape index (κ3) is 5.39. The first-order chi connectivity index (χ1) is 11.8. The molecule has 2 aromatic carbocycles. The van der Waals surface area contributed by atoms with Crippen molar-refractivity contribution in [3.05, 3.63) is 66.2 Å². The third-order valence-corrected chi connectivity index (χ3v) is 5.33. The van der Waals surface area contributed by atoms with Crippen LogP contribution in [0.25, 0.3) is 0 Å². The molecule has 0 atom stereocenters. The van der Waals surface area contributed by atoms with E-state index in [0.717, 1.165) is 37.4 Å². The van der Waals surface area contributed by atoms with E-state index in [2.05, 4.69) is 40.5 Å². The number of thioether (sulfide) groups is 1. The van der Waals surface area contributed by atoms with Crippen LogP contribution in [0.4, 0.5) is 0 Å². The molecule has 126 valence electrons. The predicted molar refractivity (Wildman–Crippen MR) is 100 cm³/mol. The van der Waals surface area contributed by atoms with Gasteiger partial charge in [0.2, 0.25) is 5.91 Å². The van der Waals surface area contributed by atoms with Gasteiger partial charge in [0, 0.05) is 30.6 Å². The molecule has 2 aromatic rings. The van der Waals surface area contributed by atoms with E-state index in [0.29, 0.717) is 11.8 Å². The van der Waals surface area contributed by atoms with Crippen LogP contribution >= 0.6 is 11.8 Å². The number of carbonyl (C=O) groups excluding carboxylic acids is 1. The number of rotatable bonds is 6. The largest absolute Gasteiger partial charge is 0.353 e. The highest BCUT2D eigenvalue weighted by Crippen LogP contribution is 2.17. The highest BCUT2D eigenvalue weighted by Gasteiger charge is 2.20. The standard InChI is InChI=1S/C20H24N2OS/c23-20(16-24-19-9-5-2-6-10-19)21-18-11-13-22(14-12-18)15-17-7-3-1-4-8-17/h1-10,18H,11-16H2,(H,21,23). The summed E-state index contributed by atoms with van der Waals surface area (Å²) in [4.78, 5) is 15.7. The van der Waals surface area contributed by atoms with Gasteiger partial charge in [-0.05, 0) is 30.5 Å². The van der Waals surface area contributed by atoms with Crippen molar-refractivity contribution in [2.75, 3.05) is 18.8 Å². The lowest BCUT2D eigenvalue weighted by Crippen LogP contribution is -2.44. The fourth-order valence-corrected chi connectivity index (χ4v) is 3.74. The van der Waals surface area contributed by atoms with Crippen LogP contribution < -0.4 is 5.32 Å². The fourth-order valence-electron chi connectivity index (χ4n) is 3.01. The summed E-state index contributed by atoms with van der Waals surface area (Å²) in [6, 6.07) is 21.0. The second-order valence-electron chi connectivity index (χ2n) is 6.21. The molecular weight excluding hydrogens is 316 g/mol. The Morgan fingerprint density at radius 2 is 1.62 bits per heavy atom. The normalized spacial score (nSPS) is 16.0. The van der Waals surface area contributed by atoms with Gasteiger partial charge in [0.05, 0.1) is 5.75 Å². The van der Waals surface area contributed by atoms with Crippen LogP contribution in [0.3, 0.4) is 0 Å². The van der Waals surface area contributed by atoms with Gasteiger partial charge in [-0.2, -0.15) is 0 Å². The van der Waals surface area contributed by atoms with Crippen LogP contribution in [0.15, 0.2) is 65.6 Å². The monoisotopic (exact) mass is 340 g/mol. The summed E-state index contributed by atoms with van der Waals surface area (Å²) in [6.07, 6.45) is 2.07. The molecule has 0 saturated carbocycles. The number of likely N-dealkylation sites (tertiary alicyclic amines) is 1. The summed E-state index contributed by atoms with van der Waals surface area (Å²) in [5.74, 6) is 0.638. The molecule has 24 heavy (non-hydrogen) atoms. The number of piperidine rings is 1. The van der Waals surface area contributed by atoms with Crippen molar-refractivity contribution in [1.29, 1.82) is 0 Å². The zero-order valence-corrected chi connectivity index (χ0v) is 14.7. The van der Waals surface area contributed by atoms with E-state index in [1.165, 1.54) is 5.56 Å². The van der Waals surface area contributed by atoms with Crippen LogP contribution in [0.5, 0.6) is 0 Å². The Labute approximate surface area is 148 Å². The Hall–Kier alpha value is -1.78. The quantitative estimate of drug-likeness (QED) is 0.816. The zero-order chi connectivity index (χ0) is 16.6. The van der Waals surface area contributed by atoms with Gasteiger partial charge < -0.3 is 5.32 Å². The SMILES string of the molecule is O=C(CSc1ccccc1)NC1CCN(Cc2ccccc2)CC1. The van der Waals surface area contributed by atoms with Crippen LogP contribution in [-0.4, -0.2) is 35.7 Å². The minimum Gasteiger partial charge on any atom is -0.353 e. The van der Waals surface area contributed by atoms with E-state index in [4.69, 9.17) is 0 Å². The molecule has 3 nitrogen and oxygen atoms in total. The number of benzene rings is 2. The molecule has 0 aromatic heterocycles. The van der Waals surface area contributed by atoms with E-state index >= 15 is 0 Å². The first kappa shape index (κ1) is 17.1. The van der Waals surface area contributed by atoms with Crippen LogP contribution in [0.1, 0.15) is 18.4 Å². The van der Waals surface area contributed by atoms with E-state index in [-0.39, 0.29) is 5.91 Å². The van der Waals surface area contributed by atoms with E-state index in [1.807, 2.05) is 30.3 Å². The van der Waals surface area contributed by atoms with Crippen LogP contribution in [0, 0.1) is 0 Å². The Bertz CT molecular complexity index is 625. The number of nitrogens with one attached hydrogen (secondary N) is 1. The maximum absolute atomic E-state index is 12.1. The third-order valence-electron chi connectivity index (χ3n) is 4.31. The summed E-state index contributed by atoms with van der Waals surface area (Å²) in [6.45, 7) is 3.10. The van der Waals surface area contributed by atoms with Crippen molar-refractivity contribution >= 4 is 17.7 Å². The molecule has 0 unspecified atom stereocenters. The zero-order valence-electron chi connectivity index (χ0n) is 13.9. The lowest BCUT2D eigenvalue weighted by atomic mass is 10.0. The maximum Gasteiger partial charge on any atom is 0.230 e. The van der Waals surface area contributed by atoms with Gasteiger partial charge in [0.25, 0.3) is 0 Å². The number of amides is 1. The minimum absolute atomic E-state index is 0.144. The summed E-state index contributed by atoms with van der Waals surface area (Å²) in [5.41, 5.74) is 1.36. The van der Waals surface area contributed by atoms with Crippen molar-refractivity contribution in [1.82, 2.24) is 10.2 Å². The topological polar surface area (TPSA) is 32.3 Å². The molecule has 0 radical (unpaired) electrons. The van der Waals surface area contributed by atoms with Crippen LogP contribution in [0.2, 0.25) is 0 Å². The Kier molecular flexibility index (Phi) is 6.33. The highest BCUT2D eigenvalue weighted by molar-refractivity contribution is 8.00. The summed E-state index contributed by atoms with van der Waals surface area (Å²) < 4.78 is 0. The summed E-state index contributed by atoms with van der Waals surface area (Å²) in [7, 11) is 0. The molecule has 3 rings (SSSR count). The number of hydrogen-bond donors (Lipinski definition) is 1. The maximum atomic E-state index is 12.1. The van der Waals surface area contributed by atoms with Gasteiger partial charge in [0.15, 0.2) is 0 Å².